The summed E-state index contributed by atoms with van der Waals surface area (Å²) < 4.78 is 39.9. The maximum absolute atomic E-state index is 11.2. The predicted octanol–water partition coefficient (Wildman–Crippen LogP) is -1.64. The highest BCUT2D eigenvalue weighted by Gasteiger charge is 2.00. The third kappa shape index (κ3) is 46.9. The third-order valence-corrected chi connectivity index (χ3v) is 3.40. The van der Waals surface area contributed by atoms with E-state index in [1.54, 1.807) is 14.2 Å². The van der Waals surface area contributed by atoms with E-state index in [1.165, 1.54) is 0 Å². The summed E-state index contributed by atoms with van der Waals surface area (Å²) in [7, 11) is 3.25. The van der Waals surface area contributed by atoms with Gasteiger partial charge in [-0.15, -0.1) is 0 Å². The molecule has 13 heteroatoms. The number of carbonyl (C=O) groups is 1. The van der Waals surface area contributed by atoms with Crippen molar-refractivity contribution < 1.29 is 42.7 Å². The van der Waals surface area contributed by atoms with Crippen molar-refractivity contribution in [1.29, 1.82) is 0 Å². The molecule has 7 N–H and O–H groups in total. The van der Waals surface area contributed by atoms with Crippen molar-refractivity contribution in [1.82, 2.24) is 5.32 Å². The van der Waals surface area contributed by atoms with E-state index in [-0.39, 0.29) is 12.5 Å². The summed E-state index contributed by atoms with van der Waals surface area (Å²) in [4.78, 5) is 11.2. The number of amides is 1. The smallest absolute Gasteiger partial charge is 0.246 e. The molecular formula is C22H52N4O9. The Bertz CT molecular complexity index is 362. The molecule has 0 atom stereocenters. The normalized spacial score (nSPS) is 10.2. The van der Waals surface area contributed by atoms with Crippen LogP contribution in [-0.4, -0.2) is 139 Å². The van der Waals surface area contributed by atoms with Crippen LogP contribution in [0.25, 0.3) is 0 Å². The van der Waals surface area contributed by atoms with E-state index in [0.29, 0.717) is 105 Å². The van der Waals surface area contributed by atoms with Gasteiger partial charge in [-0.25, -0.2) is 0 Å². The zero-order chi connectivity index (χ0) is 26.7. The second-order valence-corrected chi connectivity index (χ2v) is 6.40. The lowest BCUT2D eigenvalue weighted by molar-refractivity contribution is -0.126. The molecule has 0 aromatic heterocycles. The lowest BCUT2D eigenvalue weighted by Crippen LogP contribution is -2.31. The van der Waals surface area contributed by atoms with Crippen LogP contribution < -0.4 is 22.5 Å². The Morgan fingerprint density at radius 2 is 0.971 bits per heavy atom. The molecule has 0 saturated heterocycles. The molecular weight excluding hydrogens is 464 g/mol. The van der Waals surface area contributed by atoms with Gasteiger partial charge in [0.25, 0.3) is 0 Å². The average Bonchev–Trinajstić information content (AvgIpc) is 2.87. The molecule has 0 aromatic carbocycles. The Morgan fingerprint density at radius 3 is 1.37 bits per heavy atom. The SMILES string of the molecule is CCOCCOC.COCCOCC(=O)NCCOCCOCCN.NCCOCCOCCN. The molecule has 0 aliphatic heterocycles. The van der Waals surface area contributed by atoms with E-state index < -0.39 is 0 Å². The van der Waals surface area contributed by atoms with Crippen LogP contribution in [0.2, 0.25) is 0 Å². The first-order valence-corrected chi connectivity index (χ1v) is 12.0. The third-order valence-electron chi connectivity index (χ3n) is 3.40. The van der Waals surface area contributed by atoms with Crippen LogP contribution in [0.15, 0.2) is 0 Å². The van der Waals surface area contributed by atoms with E-state index in [2.05, 4.69) is 5.32 Å². The zero-order valence-corrected chi connectivity index (χ0v) is 22.1. The minimum atomic E-state index is -0.158. The molecule has 13 nitrogen and oxygen atoms in total. The van der Waals surface area contributed by atoms with Gasteiger partial charge < -0.3 is 60.4 Å². The molecule has 0 saturated carbocycles. The Hall–Kier alpha value is -0.970. The molecule has 0 spiro atoms. The summed E-state index contributed by atoms with van der Waals surface area (Å²) >= 11 is 0. The lowest BCUT2D eigenvalue weighted by Gasteiger charge is -2.07. The molecule has 0 unspecified atom stereocenters. The van der Waals surface area contributed by atoms with Crippen LogP contribution in [0.3, 0.4) is 0 Å². The first kappa shape index (κ1) is 38.6. The summed E-state index contributed by atoms with van der Waals surface area (Å²) in [5.74, 6) is -0.158. The molecule has 0 aliphatic rings. The highest BCUT2D eigenvalue weighted by atomic mass is 16.5. The summed E-state index contributed by atoms with van der Waals surface area (Å²) in [6, 6.07) is 0. The summed E-state index contributed by atoms with van der Waals surface area (Å²) in [5.41, 5.74) is 15.6. The van der Waals surface area contributed by atoms with Crippen LogP contribution in [0, 0.1) is 0 Å². The highest BCUT2D eigenvalue weighted by Crippen LogP contribution is 1.80. The molecule has 1 amide bonds. The number of methoxy groups -OCH3 is 2. The van der Waals surface area contributed by atoms with Crippen molar-refractivity contribution in [2.45, 2.75) is 6.92 Å². The number of rotatable bonds is 24. The van der Waals surface area contributed by atoms with Crippen LogP contribution in [0.5, 0.6) is 0 Å². The van der Waals surface area contributed by atoms with Gasteiger partial charge in [-0.3, -0.25) is 4.79 Å². The summed E-state index contributed by atoms with van der Waals surface area (Å²) in [6.07, 6.45) is 0. The van der Waals surface area contributed by atoms with Crippen molar-refractivity contribution in [3.8, 4) is 0 Å². The van der Waals surface area contributed by atoms with E-state index in [9.17, 15) is 4.79 Å². The highest BCUT2D eigenvalue weighted by molar-refractivity contribution is 5.77. The van der Waals surface area contributed by atoms with Gasteiger partial charge in [0.15, 0.2) is 0 Å². The fraction of sp³-hybridized carbons (Fsp3) is 0.955. The quantitative estimate of drug-likeness (QED) is 0.108. The number of carbonyl (C=O) groups excluding carboxylic acids is 1. The van der Waals surface area contributed by atoms with E-state index in [4.69, 9.17) is 55.1 Å². The second-order valence-electron chi connectivity index (χ2n) is 6.40. The molecule has 0 bridgehead atoms. The van der Waals surface area contributed by atoms with E-state index >= 15 is 0 Å². The Kier molecular flexibility index (Phi) is 44.3. The number of hydrogen-bond donors (Lipinski definition) is 4. The maximum Gasteiger partial charge on any atom is 0.246 e. The van der Waals surface area contributed by atoms with Crippen molar-refractivity contribution >= 4 is 5.91 Å². The Morgan fingerprint density at radius 1 is 0.571 bits per heavy atom. The van der Waals surface area contributed by atoms with Gasteiger partial charge in [0.05, 0.1) is 79.3 Å². The van der Waals surface area contributed by atoms with Crippen LogP contribution in [0.1, 0.15) is 6.92 Å². The van der Waals surface area contributed by atoms with Gasteiger partial charge in [-0.2, -0.15) is 0 Å². The number of nitrogens with one attached hydrogen (secondary N) is 1. The summed E-state index contributed by atoms with van der Waals surface area (Å²) in [6.45, 7) is 11.7. The van der Waals surface area contributed by atoms with Crippen molar-refractivity contribution in [2.24, 2.45) is 17.2 Å². The van der Waals surface area contributed by atoms with Crippen molar-refractivity contribution in [3.05, 3.63) is 0 Å². The van der Waals surface area contributed by atoms with Crippen molar-refractivity contribution in [3.63, 3.8) is 0 Å². The number of hydrogen-bond acceptors (Lipinski definition) is 12. The van der Waals surface area contributed by atoms with Crippen LogP contribution in [0.4, 0.5) is 0 Å². The fourth-order valence-electron chi connectivity index (χ4n) is 1.80. The lowest BCUT2D eigenvalue weighted by atomic mass is 10.6. The first-order valence-electron chi connectivity index (χ1n) is 12.0. The number of ether oxygens (including phenoxy) is 8. The van der Waals surface area contributed by atoms with Crippen LogP contribution in [-0.2, 0) is 42.7 Å². The molecule has 0 radical (unpaired) electrons. The predicted molar refractivity (Wildman–Crippen MR) is 135 cm³/mol. The van der Waals surface area contributed by atoms with Gasteiger partial charge in [-0.1, -0.05) is 0 Å². The van der Waals surface area contributed by atoms with E-state index in [1.807, 2.05) is 6.92 Å². The minimum absolute atomic E-state index is 0.0446. The number of nitrogens with two attached hydrogens (primary N) is 3. The molecule has 0 heterocycles. The van der Waals surface area contributed by atoms with Gasteiger partial charge in [0.1, 0.15) is 6.61 Å². The Balaban J connectivity index is -0.000000504. The van der Waals surface area contributed by atoms with Gasteiger partial charge in [-0.05, 0) is 6.92 Å². The van der Waals surface area contributed by atoms with Crippen molar-refractivity contribution in [2.75, 3.05) is 133 Å². The largest absolute Gasteiger partial charge is 0.382 e. The molecule has 214 valence electrons. The maximum atomic E-state index is 11.2. The molecule has 35 heavy (non-hydrogen) atoms. The van der Waals surface area contributed by atoms with Crippen LogP contribution >= 0.6 is 0 Å². The molecule has 0 rings (SSSR count). The fourth-order valence-corrected chi connectivity index (χ4v) is 1.80. The monoisotopic (exact) mass is 516 g/mol. The average molecular weight is 517 g/mol. The minimum Gasteiger partial charge on any atom is -0.382 e. The Labute approximate surface area is 211 Å². The topological polar surface area (TPSA) is 181 Å². The zero-order valence-electron chi connectivity index (χ0n) is 22.1. The second kappa shape index (κ2) is 40.2. The molecule has 0 fully saturated rings. The van der Waals surface area contributed by atoms with Gasteiger partial charge >= 0.3 is 0 Å². The standard InChI is InChI=1S/C11H24N2O5.C6H16N2O2.C5H12O2/c1-15-6-7-18-10-11(14)13-3-5-17-9-8-16-4-2-12;7-1-3-9-5-6-10-4-2-8;1-3-7-5-4-6-2/h2-10,12H2,1H3,(H,13,14);1-8H2;3-5H2,1-2H3. The van der Waals surface area contributed by atoms with E-state index in [0.717, 1.165) is 6.61 Å². The summed E-state index contributed by atoms with van der Waals surface area (Å²) in [5, 5.41) is 2.67. The molecule has 0 aromatic rings. The molecule has 0 aliphatic carbocycles. The van der Waals surface area contributed by atoms with Gasteiger partial charge in [0, 0.05) is 47.0 Å². The first-order chi connectivity index (χ1) is 17.1. The van der Waals surface area contributed by atoms with Gasteiger partial charge in [0.2, 0.25) is 5.91 Å².